The second-order valence-corrected chi connectivity index (χ2v) is 13.5. The van der Waals surface area contributed by atoms with Crippen molar-refractivity contribution in [1.82, 2.24) is 9.55 Å². The van der Waals surface area contributed by atoms with E-state index in [1.165, 1.54) is 0 Å². The smallest absolute Gasteiger partial charge is 0.411 e. The van der Waals surface area contributed by atoms with Crippen molar-refractivity contribution in [3.63, 3.8) is 0 Å². The second kappa shape index (κ2) is 7.65. The van der Waals surface area contributed by atoms with Crippen LogP contribution < -0.4 is 11.2 Å². The minimum Gasteiger partial charge on any atom is -0.411 e. The minimum atomic E-state index is -4.97. The summed E-state index contributed by atoms with van der Waals surface area (Å²) >= 11 is 0. The summed E-state index contributed by atoms with van der Waals surface area (Å²) in [4.78, 5) is 25.3. The van der Waals surface area contributed by atoms with Gasteiger partial charge in [0.1, 0.15) is 17.4 Å². The molecule has 0 spiro atoms. The van der Waals surface area contributed by atoms with Crippen LogP contribution in [0.15, 0.2) is 15.8 Å². The number of nitrogens with zero attached hydrogens (tertiary/aromatic N) is 1. The van der Waals surface area contributed by atoms with Crippen LogP contribution in [0.2, 0.25) is 18.1 Å². The molecule has 0 saturated carbocycles. The van der Waals surface area contributed by atoms with Crippen LogP contribution in [-0.4, -0.2) is 53.0 Å². The lowest BCUT2D eigenvalue weighted by Crippen LogP contribution is -2.54. The molecule has 0 radical (unpaired) electrons. The summed E-state index contributed by atoms with van der Waals surface area (Å²) < 4.78 is 51.8. The van der Waals surface area contributed by atoms with Crippen LogP contribution in [0.25, 0.3) is 0 Å². The zero-order valence-corrected chi connectivity index (χ0v) is 18.0. The molecule has 8 nitrogen and oxygen atoms in total. The van der Waals surface area contributed by atoms with Crippen LogP contribution in [0.3, 0.4) is 0 Å². The van der Waals surface area contributed by atoms with E-state index in [9.17, 15) is 33.0 Å². The first kappa shape index (κ1) is 23.8. The van der Waals surface area contributed by atoms with Crippen molar-refractivity contribution in [2.75, 3.05) is 13.2 Å². The number of aromatic nitrogens is 2. The number of hydrogen-bond donors (Lipinski definition) is 3. The topological polar surface area (TPSA) is 114 Å². The summed E-state index contributed by atoms with van der Waals surface area (Å²) in [7, 11) is -2.41. The zero-order valence-electron chi connectivity index (χ0n) is 17.0. The van der Waals surface area contributed by atoms with Crippen molar-refractivity contribution in [2.45, 2.75) is 69.4 Å². The SMILES string of the molecule is CC(C)(C)[Si](C)(C)O[C@H]1C[C@H](n2cc(C(F)(F)F)c(=O)[nH]c2=O)OC1(CO)CO. The van der Waals surface area contributed by atoms with Gasteiger partial charge in [0, 0.05) is 12.6 Å². The van der Waals surface area contributed by atoms with E-state index in [0.717, 1.165) is 0 Å². The largest absolute Gasteiger partial charge is 0.423 e. The number of aliphatic hydroxyl groups excluding tert-OH is 2. The molecule has 1 saturated heterocycles. The van der Waals surface area contributed by atoms with Crippen LogP contribution in [0.4, 0.5) is 13.2 Å². The standard InChI is InChI=1S/C17H27F3N2O6Si/c1-15(2,3)29(4,5)28-11-6-12(27-16(11,8-23)9-24)22-7-10(17(18,19)20)13(25)21-14(22)26/h7,11-12,23-24H,6,8-9H2,1-5H3,(H,21,25,26)/t11-,12+/m0/s1. The van der Waals surface area contributed by atoms with Gasteiger partial charge in [0.2, 0.25) is 0 Å². The Bertz CT molecular complexity index is 854. The van der Waals surface area contributed by atoms with Gasteiger partial charge in [-0.3, -0.25) is 14.3 Å². The van der Waals surface area contributed by atoms with Gasteiger partial charge in [-0.15, -0.1) is 0 Å². The zero-order chi connectivity index (χ0) is 22.4. The molecule has 0 aliphatic carbocycles. The molecule has 0 unspecified atom stereocenters. The van der Waals surface area contributed by atoms with Gasteiger partial charge in [-0.25, -0.2) is 4.79 Å². The molecule has 0 aromatic carbocycles. The monoisotopic (exact) mass is 440 g/mol. The highest BCUT2D eigenvalue weighted by Crippen LogP contribution is 2.44. The predicted octanol–water partition coefficient (Wildman–Crippen LogP) is 1.59. The molecule has 2 atom stereocenters. The van der Waals surface area contributed by atoms with Gasteiger partial charge in [-0.2, -0.15) is 13.2 Å². The maximum atomic E-state index is 13.1. The summed E-state index contributed by atoms with van der Waals surface area (Å²) in [5.41, 5.74) is -5.80. The van der Waals surface area contributed by atoms with Crippen LogP contribution in [-0.2, 0) is 15.3 Å². The molecule has 0 bridgehead atoms. The van der Waals surface area contributed by atoms with E-state index < -0.39 is 62.5 Å². The maximum absolute atomic E-state index is 13.1. The Morgan fingerprint density at radius 1 is 1.28 bits per heavy atom. The van der Waals surface area contributed by atoms with E-state index in [1.54, 1.807) is 4.98 Å². The van der Waals surface area contributed by atoms with E-state index in [1.807, 2.05) is 33.9 Å². The molecule has 1 aromatic heterocycles. The molecule has 2 rings (SSSR count). The number of aromatic amines is 1. The quantitative estimate of drug-likeness (QED) is 0.599. The normalized spacial score (nSPS) is 22.8. The first-order chi connectivity index (χ1) is 13.1. The summed E-state index contributed by atoms with van der Waals surface area (Å²) in [6, 6.07) is 0. The highest BCUT2D eigenvalue weighted by Gasteiger charge is 2.53. The number of halogens is 3. The van der Waals surface area contributed by atoms with Gasteiger partial charge in [0.25, 0.3) is 5.56 Å². The number of ether oxygens (including phenoxy) is 1. The first-order valence-electron chi connectivity index (χ1n) is 9.08. The number of nitrogens with one attached hydrogen (secondary N) is 1. The maximum Gasteiger partial charge on any atom is 0.423 e. The second-order valence-electron chi connectivity index (χ2n) is 8.76. The van der Waals surface area contributed by atoms with Gasteiger partial charge in [-0.05, 0) is 18.1 Å². The van der Waals surface area contributed by atoms with Gasteiger partial charge in [0.15, 0.2) is 8.32 Å². The fourth-order valence-corrected chi connectivity index (χ4v) is 4.26. The van der Waals surface area contributed by atoms with Crippen LogP contribution in [0.1, 0.15) is 39.0 Å². The van der Waals surface area contributed by atoms with Crippen molar-refractivity contribution in [3.05, 3.63) is 32.6 Å². The van der Waals surface area contributed by atoms with Gasteiger partial charge < -0.3 is 19.4 Å². The van der Waals surface area contributed by atoms with E-state index in [4.69, 9.17) is 9.16 Å². The molecule has 1 fully saturated rings. The molecule has 29 heavy (non-hydrogen) atoms. The minimum absolute atomic E-state index is 0.0864. The molecular weight excluding hydrogens is 413 g/mol. The number of rotatable bonds is 5. The van der Waals surface area contributed by atoms with Gasteiger partial charge >= 0.3 is 11.9 Å². The lowest BCUT2D eigenvalue weighted by atomic mass is 9.99. The Hall–Kier alpha value is -1.47. The summed E-state index contributed by atoms with van der Waals surface area (Å²) in [5.74, 6) is 0. The van der Waals surface area contributed by atoms with Crippen molar-refractivity contribution in [2.24, 2.45) is 0 Å². The molecule has 0 amide bonds. The van der Waals surface area contributed by atoms with E-state index in [-0.39, 0.29) is 11.5 Å². The van der Waals surface area contributed by atoms with E-state index in [0.29, 0.717) is 10.8 Å². The van der Waals surface area contributed by atoms with Gasteiger partial charge in [0.05, 0.1) is 19.3 Å². The summed E-state index contributed by atoms with van der Waals surface area (Å²) in [5, 5.41) is 19.5. The van der Waals surface area contributed by atoms with Crippen molar-refractivity contribution in [3.8, 4) is 0 Å². The van der Waals surface area contributed by atoms with E-state index >= 15 is 0 Å². The number of hydrogen-bond acceptors (Lipinski definition) is 6. The van der Waals surface area contributed by atoms with Crippen molar-refractivity contribution < 1.29 is 32.5 Å². The first-order valence-corrected chi connectivity index (χ1v) is 12.0. The lowest BCUT2D eigenvalue weighted by molar-refractivity contribution is -0.150. The highest BCUT2D eigenvalue weighted by molar-refractivity contribution is 6.74. The number of aliphatic hydroxyl groups is 2. The average Bonchev–Trinajstić information content (AvgIpc) is 2.90. The molecule has 1 aliphatic rings. The van der Waals surface area contributed by atoms with Crippen LogP contribution in [0.5, 0.6) is 0 Å². The molecular formula is C17H27F3N2O6Si. The Balaban J connectivity index is 2.48. The fourth-order valence-electron chi connectivity index (χ4n) is 2.88. The van der Waals surface area contributed by atoms with Crippen LogP contribution in [0, 0.1) is 0 Å². The van der Waals surface area contributed by atoms with Crippen molar-refractivity contribution in [1.29, 1.82) is 0 Å². The molecule has 1 aliphatic heterocycles. The average molecular weight is 440 g/mol. The Labute approximate surface area is 166 Å². The lowest BCUT2D eigenvalue weighted by Gasteiger charge is -2.42. The summed E-state index contributed by atoms with van der Waals surface area (Å²) in [6.45, 7) is 8.49. The molecule has 3 N–H and O–H groups in total. The van der Waals surface area contributed by atoms with E-state index in [2.05, 4.69) is 0 Å². The fraction of sp³-hybridized carbons (Fsp3) is 0.765. The van der Waals surface area contributed by atoms with Crippen LogP contribution >= 0.6 is 0 Å². The third kappa shape index (κ3) is 4.50. The molecule has 12 heteroatoms. The third-order valence-electron chi connectivity index (χ3n) is 5.74. The Morgan fingerprint density at radius 3 is 2.28 bits per heavy atom. The predicted molar refractivity (Wildman–Crippen MR) is 100 cm³/mol. The Morgan fingerprint density at radius 2 is 1.83 bits per heavy atom. The van der Waals surface area contributed by atoms with Gasteiger partial charge in [-0.1, -0.05) is 20.8 Å². The highest BCUT2D eigenvalue weighted by atomic mass is 28.4. The molecule has 1 aromatic rings. The third-order valence-corrected chi connectivity index (χ3v) is 10.2. The molecule has 166 valence electrons. The number of H-pyrrole nitrogens is 1. The number of alkyl halides is 3. The van der Waals surface area contributed by atoms with Crippen molar-refractivity contribution >= 4 is 8.32 Å². The Kier molecular flexibility index (Phi) is 6.28. The molecule has 2 heterocycles. The summed E-state index contributed by atoms with van der Waals surface area (Å²) in [6.07, 6.45) is -6.80.